The third-order valence-corrected chi connectivity index (χ3v) is 4.86. The number of carbonyl (C=O) groups is 2. The lowest BCUT2D eigenvalue weighted by atomic mass is 9.92. The van der Waals surface area contributed by atoms with Gasteiger partial charge in [0.15, 0.2) is 6.10 Å². The molecule has 1 unspecified atom stereocenters. The maximum Gasteiger partial charge on any atom is 0.268 e. The Hall–Kier alpha value is -2.96. The smallest absolute Gasteiger partial charge is 0.268 e. The van der Waals surface area contributed by atoms with Gasteiger partial charge in [-0.05, 0) is 37.0 Å². The van der Waals surface area contributed by atoms with Crippen molar-refractivity contribution in [3.63, 3.8) is 0 Å². The Morgan fingerprint density at radius 3 is 2.43 bits per heavy atom. The Labute approximate surface area is 175 Å². The maximum absolute atomic E-state index is 15.0. The predicted molar refractivity (Wildman–Crippen MR) is 112 cm³/mol. The first-order valence-corrected chi connectivity index (χ1v) is 9.81. The van der Waals surface area contributed by atoms with E-state index in [0.29, 0.717) is 16.9 Å². The van der Waals surface area contributed by atoms with E-state index in [1.165, 1.54) is 23.1 Å². The van der Waals surface area contributed by atoms with Crippen molar-refractivity contribution in [3.05, 3.63) is 53.1 Å². The number of rotatable bonds is 4. The quantitative estimate of drug-likeness (QED) is 0.766. The van der Waals surface area contributed by atoms with E-state index in [4.69, 9.17) is 4.74 Å². The first-order chi connectivity index (χ1) is 14.0. The summed E-state index contributed by atoms with van der Waals surface area (Å²) in [4.78, 5) is 26.5. The van der Waals surface area contributed by atoms with Crippen molar-refractivity contribution in [2.75, 3.05) is 10.2 Å². The number of amides is 2. The molecule has 2 aromatic carbocycles. The Kier molecular flexibility index (Phi) is 5.83. The second-order valence-corrected chi connectivity index (χ2v) is 8.80. The number of hydrogen-bond donors (Lipinski definition) is 1. The fraction of sp³-hybridized carbons (Fsp3) is 0.391. The van der Waals surface area contributed by atoms with Crippen LogP contribution in [-0.4, -0.2) is 17.9 Å². The fourth-order valence-electron chi connectivity index (χ4n) is 3.41. The van der Waals surface area contributed by atoms with Crippen LogP contribution in [0, 0.1) is 24.0 Å². The standard InChI is InChI=1S/C23H26F2N2O3/c1-13-20(26-19(28)11-23(3,4)5)17(25)10-18-21(13)30-14(2)22(29)27(18)12-15-6-8-16(24)9-7-15/h6-10,14H,11-12H2,1-5H3,(H,26,28). The number of nitrogens with zero attached hydrogens (tertiary/aromatic N) is 1. The molecule has 1 heterocycles. The Balaban J connectivity index is 1.97. The number of benzene rings is 2. The molecular formula is C23H26F2N2O3. The Bertz CT molecular complexity index is 981. The largest absolute Gasteiger partial charge is 0.478 e. The van der Waals surface area contributed by atoms with Crippen LogP contribution in [0.4, 0.5) is 20.2 Å². The first-order valence-electron chi connectivity index (χ1n) is 9.81. The van der Waals surface area contributed by atoms with Crippen molar-refractivity contribution >= 4 is 23.2 Å². The van der Waals surface area contributed by atoms with Crippen LogP contribution < -0.4 is 15.0 Å². The van der Waals surface area contributed by atoms with Crippen LogP contribution in [0.15, 0.2) is 30.3 Å². The molecule has 0 fully saturated rings. The summed E-state index contributed by atoms with van der Waals surface area (Å²) in [5.74, 6) is -1.30. The van der Waals surface area contributed by atoms with Gasteiger partial charge in [0, 0.05) is 18.1 Å². The zero-order chi connectivity index (χ0) is 22.2. The summed E-state index contributed by atoms with van der Waals surface area (Å²) in [6, 6.07) is 6.97. The lowest BCUT2D eigenvalue weighted by molar-refractivity contribution is -0.125. The van der Waals surface area contributed by atoms with E-state index >= 15 is 0 Å². The van der Waals surface area contributed by atoms with Crippen molar-refractivity contribution in [3.8, 4) is 5.75 Å². The summed E-state index contributed by atoms with van der Waals surface area (Å²) in [6.45, 7) is 9.18. The van der Waals surface area contributed by atoms with Gasteiger partial charge in [0.1, 0.15) is 17.4 Å². The minimum atomic E-state index is -0.778. The number of fused-ring (bicyclic) bond motifs is 1. The van der Waals surface area contributed by atoms with Crippen LogP contribution >= 0.6 is 0 Å². The van der Waals surface area contributed by atoms with Gasteiger partial charge in [-0.1, -0.05) is 32.9 Å². The number of hydrogen-bond acceptors (Lipinski definition) is 3. The van der Waals surface area contributed by atoms with Crippen LogP contribution in [0.1, 0.15) is 45.2 Å². The van der Waals surface area contributed by atoms with Crippen LogP contribution in [-0.2, 0) is 16.1 Å². The minimum Gasteiger partial charge on any atom is -0.478 e. The molecule has 1 atom stereocenters. The van der Waals surface area contributed by atoms with E-state index in [2.05, 4.69) is 5.32 Å². The van der Waals surface area contributed by atoms with Crippen molar-refractivity contribution in [1.82, 2.24) is 0 Å². The zero-order valence-electron chi connectivity index (χ0n) is 17.8. The highest BCUT2D eigenvalue weighted by molar-refractivity contribution is 6.01. The fourth-order valence-corrected chi connectivity index (χ4v) is 3.41. The van der Waals surface area contributed by atoms with Crippen LogP contribution in [0.25, 0.3) is 0 Å². The molecular weight excluding hydrogens is 390 g/mol. The number of carbonyl (C=O) groups excluding carboxylic acids is 2. The molecule has 1 aliphatic heterocycles. The van der Waals surface area contributed by atoms with E-state index in [0.717, 1.165) is 0 Å². The average Bonchev–Trinajstić information content (AvgIpc) is 2.64. The van der Waals surface area contributed by atoms with E-state index in [9.17, 15) is 18.4 Å². The number of nitrogens with one attached hydrogen (secondary N) is 1. The summed E-state index contributed by atoms with van der Waals surface area (Å²) < 4.78 is 33.9. The molecule has 5 nitrogen and oxygen atoms in total. The van der Waals surface area contributed by atoms with Gasteiger partial charge in [-0.2, -0.15) is 0 Å². The van der Waals surface area contributed by atoms with E-state index in [1.807, 2.05) is 20.8 Å². The van der Waals surface area contributed by atoms with Gasteiger partial charge in [-0.25, -0.2) is 8.78 Å². The summed E-state index contributed by atoms with van der Waals surface area (Å²) in [6.07, 6.45) is -0.546. The van der Waals surface area contributed by atoms with E-state index < -0.39 is 11.9 Å². The van der Waals surface area contributed by atoms with Gasteiger partial charge in [-0.15, -0.1) is 0 Å². The predicted octanol–water partition coefficient (Wildman–Crippen LogP) is 4.96. The lowest BCUT2D eigenvalue weighted by Gasteiger charge is -2.34. The summed E-state index contributed by atoms with van der Waals surface area (Å²) >= 11 is 0. The van der Waals surface area contributed by atoms with E-state index in [1.54, 1.807) is 26.0 Å². The molecule has 1 aliphatic rings. The third-order valence-electron chi connectivity index (χ3n) is 4.86. The van der Waals surface area contributed by atoms with E-state index in [-0.39, 0.29) is 47.4 Å². The lowest BCUT2D eigenvalue weighted by Crippen LogP contribution is -2.44. The van der Waals surface area contributed by atoms with Gasteiger partial charge in [0.2, 0.25) is 5.91 Å². The second kappa shape index (κ2) is 8.05. The molecule has 0 radical (unpaired) electrons. The molecule has 7 heteroatoms. The van der Waals surface area contributed by atoms with Crippen molar-refractivity contribution < 1.29 is 23.1 Å². The van der Waals surface area contributed by atoms with Gasteiger partial charge >= 0.3 is 0 Å². The summed E-state index contributed by atoms with van der Waals surface area (Å²) in [5.41, 5.74) is 1.20. The normalized spacial score (nSPS) is 16.2. The molecule has 0 saturated carbocycles. The highest BCUT2D eigenvalue weighted by atomic mass is 19.1. The van der Waals surface area contributed by atoms with Crippen molar-refractivity contribution in [2.24, 2.45) is 5.41 Å². The van der Waals surface area contributed by atoms with Crippen LogP contribution in [0.5, 0.6) is 5.75 Å². The molecule has 3 rings (SSSR count). The van der Waals surface area contributed by atoms with Crippen molar-refractivity contribution in [2.45, 2.75) is 53.7 Å². The number of halogens is 2. The Morgan fingerprint density at radius 1 is 1.20 bits per heavy atom. The number of ether oxygens (including phenoxy) is 1. The molecule has 0 bridgehead atoms. The summed E-state index contributed by atoms with van der Waals surface area (Å²) in [7, 11) is 0. The molecule has 0 aliphatic carbocycles. The topological polar surface area (TPSA) is 58.6 Å². The zero-order valence-corrected chi connectivity index (χ0v) is 17.8. The molecule has 30 heavy (non-hydrogen) atoms. The van der Waals surface area contributed by atoms with Crippen LogP contribution in [0.2, 0.25) is 0 Å². The van der Waals surface area contributed by atoms with Gasteiger partial charge < -0.3 is 15.0 Å². The highest BCUT2D eigenvalue weighted by Gasteiger charge is 2.34. The second-order valence-electron chi connectivity index (χ2n) is 8.80. The molecule has 0 aromatic heterocycles. The summed E-state index contributed by atoms with van der Waals surface area (Å²) in [5, 5.41) is 2.64. The minimum absolute atomic E-state index is 0.0475. The molecule has 0 saturated heterocycles. The molecule has 2 aromatic rings. The van der Waals surface area contributed by atoms with Gasteiger partial charge in [-0.3, -0.25) is 9.59 Å². The molecule has 2 amide bonds. The SMILES string of the molecule is Cc1c(NC(=O)CC(C)(C)C)c(F)cc2c1OC(C)C(=O)N2Cc1ccc(F)cc1. The third kappa shape index (κ3) is 4.61. The monoisotopic (exact) mass is 416 g/mol. The van der Waals surface area contributed by atoms with Crippen LogP contribution in [0.3, 0.4) is 0 Å². The first kappa shape index (κ1) is 21.7. The maximum atomic E-state index is 15.0. The molecule has 0 spiro atoms. The molecule has 1 N–H and O–H groups in total. The highest BCUT2D eigenvalue weighted by Crippen LogP contribution is 2.42. The molecule has 160 valence electrons. The Morgan fingerprint density at radius 2 is 1.83 bits per heavy atom. The average molecular weight is 416 g/mol. The van der Waals surface area contributed by atoms with Gasteiger partial charge in [0.05, 0.1) is 17.9 Å². The number of anilines is 2. The van der Waals surface area contributed by atoms with Crippen molar-refractivity contribution in [1.29, 1.82) is 0 Å². The van der Waals surface area contributed by atoms with Gasteiger partial charge in [0.25, 0.3) is 5.91 Å².